The van der Waals surface area contributed by atoms with Gasteiger partial charge in [-0.2, -0.15) is 0 Å². The van der Waals surface area contributed by atoms with Crippen molar-refractivity contribution in [3.8, 4) is 0 Å². The van der Waals surface area contributed by atoms with Crippen molar-refractivity contribution in [1.82, 2.24) is 0 Å². The number of allylic oxidation sites excluding steroid dienone is 9. The van der Waals surface area contributed by atoms with Crippen LogP contribution in [0, 0.1) is 0 Å². The van der Waals surface area contributed by atoms with E-state index in [0.29, 0.717) is 25.7 Å². The van der Waals surface area contributed by atoms with E-state index in [1.807, 2.05) is 37.3 Å². The van der Waals surface area contributed by atoms with E-state index in [1.54, 1.807) is 6.08 Å². The number of carbonyl (C=O) groups is 2. The lowest BCUT2D eigenvalue weighted by atomic mass is 10.1. The Hall–Kier alpha value is -2.29. The van der Waals surface area contributed by atoms with Gasteiger partial charge in [-0.05, 0) is 44.9 Å². The number of esters is 2. The van der Waals surface area contributed by atoms with Gasteiger partial charge in [0.1, 0.15) is 6.61 Å². The maximum atomic E-state index is 12.3. The monoisotopic (exact) mass is 668 g/mol. The van der Waals surface area contributed by atoms with Gasteiger partial charge in [-0.1, -0.05) is 132 Å². The highest BCUT2D eigenvalue weighted by molar-refractivity contribution is 7.46. The summed E-state index contributed by atoms with van der Waals surface area (Å²) in [6.45, 7) is 3.26. The molecule has 0 heterocycles. The summed E-state index contributed by atoms with van der Waals surface area (Å²) in [5, 5.41) is 9.43. The molecule has 0 spiro atoms. The average molecular weight is 669 g/mol. The Balaban J connectivity index is 4.16. The third kappa shape index (κ3) is 33.1. The first-order valence-electron chi connectivity index (χ1n) is 17.2. The van der Waals surface area contributed by atoms with Gasteiger partial charge in [0, 0.05) is 12.8 Å². The fourth-order valence-electron chi connectivity index (χ4n) is 4.24. The van der Waals surface area contributed by atoms with Crippen LogP contribution in [0.4, 0.5) is 0 Å². The summed E-state index contributed by atoms with van der Waals surface area (Å²) in [5.41, 5.74) is 0. The minimum Gasteiger partial charge on any atom is -0.462 e. The Bertz CT molecular complexity index is 949. The van der Waals surface area contributed by atoms with E-state index < -0.39 is 32.5 Å². The quantitative estimate of drug-likeness (QED) is 0.0225. The van der Waals surface area contributed by atoms with Crippen LogP contribution in [0.25, 0.3) is 0 Å². The van der Waals surface area contributed by atoms with Gasteiger partial charge in [-0.3, -0.25) is 14.1 Å². The highest BCUT2D eigenvalue weighted by Gasteiger charge is 2.22. The van der Waals surface area contributed by atoms with Crippen molar-refractivity contribution in [3.63, 3.8) is 0 Å². The highest BCUT2D eigenvalue weighted by Crippen LogP contribution is 2.35. The molecule has 0 fully saturated rings. The molecule has 0 aromatic heterocycles. The largest absolute Gasteiger partial charge is 0.469 e. The van der Waals surface area contributed by atoms with Gasteiger partial charge in [0.25, 0.3) is 0 Å². The molecule has 3 N–H and O–H groups in total. The van der Waals surface area contributed by atoms with Crippen LogP contribution in [0.3, 0.4) is 0 Å². The number of aliphatic hydroxyl groups is 1. The van der Waals surface area contributed by atoms with Gasteiger partial charge in [-0.15, -0.1) is 0 Å². The third-order valence-corrected chi connectivity index (χ3v) is 7.44. The zero-order chi connectivity index (χ0) is 34.1. The molecule has 0 amide bonds. The van der Waals surface area contributed by atoms with E-state index in [-0.39, 0.29) is 25.6 Å². The fraction of sp³-hybridized carbons (Fsp3) is 0.667. The first-order chi connectivity index (χ1) is 22.2. The molecule has 0 bridgehead atoms. The standard InChI is InChI=1S/C36H61O9P/c1-3-5-6-7-8-9-17-20-23-26-29-35(38)43-31-34(32-44-46(40,41)42)45-36(39)30-27-24-21-18-15-13-11-10-12-14-16-19-22-25-28-33(37)4-2/h11-14,18-19,21-22,25,28,33-34,37H,3-10,15-17,20,23-24,26-27,29-32H2,1-2H3,(H2,40,41,42)/b13-11-,14-12-,21-18-,22-19-,28-25+/t33-,34-/m1/s1. The van der Waals surface area contributed by atoms with Crippen molar-refractivity contribution in [3.05, 3.63) is 60.8 Å². The Kier molecular flexibility index (Phi) is 29.8. The maximum absolute atomic E-state index is 12.3. The summed E-state index contributed by atoms with van der Waals surface area (Å²) < 4.78 is 26.1. The smallest absolute Gasteiger partial charge is 0.462 e. The van der Waals surface area contributed by atoms with Crippen LogP contribution in [0.1, 0.15) is 129 Å². The maximum Gasteiger partial charge on any atom is 0.469 e. The van der Waals surface area contributed by atoms with Crippen LogP contribution in [0.5, 0.6) is 0 Å². The third-order valence-electron chi connectivity index (χ3n) is 6.96. The van der Waals surface area contributed by atoms with E-state index in [9.17, 15) is 19.3 Å². The highest BCUT2D eigenvalue weighted by atomic mass is 31.2. The molecule has 0 aliphatic rings. The minimum absolute atomic E-state index is 0.118. The van der Waals surface area contributed by atoms with Crippen LogP contribution in [0.15, 0.2) is 60.8 Å². The van der Waals surface area contributed by atoms with Crippen LogP contribution in [0.2, 0.25) is 0 Å². The molecule has 0 saturated carbocycles. The molecular formula is C36H61O9P. The summed E-state index contributed by atoms with van der Waals surface area (Å²) in [7, 11) is -4.77. The average Bonchev–Trinajstić information content (AvgIpc) is 3.02. The Morgan fingerprint density at radius 2 is 1.22 bits per heavy atom. The minimum atomic E-state index is -4.77. The summed E-state index contributed by atoms with van der Waals surface area (Å²) in [6, 6.07) is 0. The van der Waals surface area contributed by atoms with Crippen molar-refractivity contribution in [2.45, 2.75) is 142 Å². The molecule has 264 valence electrons. The number of unbranched alkanes of at least 4 members (excludes halogenated alkanes) is 10. The molecule has 10 heteroatoms. The summed E-state index contributed by atoms with van der Waals surface area (Å²) in [5.74, 6) is -0.980. The first kappa shape index (κ1) is 43.7. The van der Waals surface area contributed by atoms with E-state index in [0.717, 1.165) is 38.5 Å². The molecule has 0 aliphatic heterocycles. The molecule has 0 rings (SSSR count). The summed E-state index contributed by atoms with van der Waals surface area (Å²) in [4.78, 5) is 42.5. The second-order valence-corrected chi connectivity index (χ2v) is 12.6. The predicted octanol–water partition coefficient (Wildman–Crippen LogP) is 8.75. The van der Waals surface area contributed by atoms with Crippen LogP contribution >= 0.6 is 7.82 Å². The van der Waals surface area contributed by atoms with Crippen molar-refractivity contribution < 1.29 is 43.0 Å². The SMILES string of the molecule is CCCCCCCCCCCCC(=O)OC[C@H](COP(=O)(O)O)OC(=O)CCC/C=C\C/C=C\C/C=C\C/C=C\C=C\[C@H](O)CC. The van der Waals surface area contributed by atoms with Crippen molar-refractivity contribution in [1.29, 1.82) is 0 Å². The van der Waals surface area contributed by atoms with Gasteiger partial charge < -0.3 is 24.4 Å². The first-order valence-corrected chi connectivity index (χ1v) is 18.7. The normalized spacial score (nSPS) is 13.9. The van der Waals surface area contributed by atoms with E-state index in [4.69, 9.17) is 19.3 Å². The second-order valence-electron chi connectivity index (χ2n) is 11.3. The van der Waals surface area contributed by atoms with Crippen molar-refractivity contribution in [2.75, 3.05) is 13.2 Å². The zero-order valence-electron chi connectivity index (χ0n) is 28.3. The number of hydrogen-bond acceptors (Lipinski definition) is 7. The van der Waals surface area contributed by atoms with E-state index >= 15 is 0 Å². The van der Waals surface area contributed by atoms with E-state index in [2.05, 4.69) is 35.8 Å². The Labute approximate surface area is 278 Å². The Morgan fingerprint density at radius 3 is 1.80 bits per heavy atom. The van der Waals surface area contributed by atoms with Crippen LogP contribution in [-0.4, -0.2) is 52.3 Å². The Morgan fingerprint density at radius 1 is 0.674 bits per heavy atom. The molecule has 2 atom stereocenters. The number of phosphoric ester groups is 1. The lowest BCUT2D eigenvalue weighted by Crippen LogP contribution is -2.29. The topological polar surface area (TPSA) is 140 Å². The number of carbonyl (C=O) groups excluding carboxylic acids is 2. The lowest BCUT2D eigenvalue weighted by Gasteiger charge is -2.18. The number of phosphoric acid groups is 1. The van der Waals surface area contributed by atoms with E-state index in [1.165, 1.54) is 38.5 Å². The molecule has 0 aliphatic carbocycles. The van der Waals surface area contributed by atoms with Gasteiger partial charge in [0.05, 0.1) is 12.7 Å². The zero-order valence-corrected chi connectivity index (χ0v) is 29.2. The van der Waals surface area contributed by atoms with Gasteiger partial charge >= 0.3 is 19.8 Å². The molecule has 9 nitrogen and oxygen atoms in total. The van der Waals surface area contributed by atoms with Crippen LogP contribution < -0.4 is 0 Å². The fourth-order valence-corrected chi connectivity index (χ4v) is 4.60. The molecule has 0 aromatic rings. The van der Waals surface area contributed by atoms with Crippen molar-refractivity contribution >= 4 is 19.8 Å². The number of hydrogen-bond donors (Lipinski definition) is 3. The van der Waals surface area contributed by atoms with Crippen molar-refractivity contribution in [2.24, 2.45) is 0 Å². The second kappa shape index (κ2) is 31.3. The number of rotatable bonds is 30. The molecule has 0 unspecified atom stereocenters. The molecule has 46 heavy (non-hydrogen) atoms. The van der Waals surface area contributed by atoms with Gasteiger partial charge in [-0.25, -0.2) is 4.57 Å². The molecule has 0 radical (unpaired) electrons. The van der Waals surface area contributed by atoms with Gasteiger partial charge in [0.15, 0.2) is 6.10 Å². The molecule has 0 saturated heterocycles. The number of ether oxygens (including phenoxy) is 2. The molecule has 0 aromatic carbocycles. The summed E-state index contributed by atoms with van der Waals surface area (Å²) >= 11 is 0. The predicted molar refractivity (Wildman–Crippen MR) is 185 cm³/mol. The number of aliphatic hydroxyl groups excluding tert-OH is 1. The molecular weight excluding hydrogens is 607 g/mol. The van der Waals surface area contributed by atoms with Gasteiger partial charge in [0.2, 0.25) is 0 Å². The lowest BCUT2D eigenvalue weighted by molar-refractivity contribution is -0.161. The summed E-state index contributed by atoms with van der Waals surface area (Å²) in [6.07, 6.45) is 34.8. The van der Waals surface area contributed by atoms with Crippen LogP contribution in [-0.2, 0) is 28.2 Å².